The largest absolute Gasteiger partial charge is 0.482 e. The molecule has 0 atom stereocenters. The Hall–Kier alpha value is -4.09. The van der Waals surface area contributed by atoms with Crippen LogP contribution in [0.25, 0.3) is 10.9 Å². The standard InChI is InChI=1S/C32H36BrN5O4S/c1-4-6-17-38-26-19-25(33)28(42-21-29(39)35-36-32(43)34-22-13-9-7-10-14-22)18-24(26)30(31(40)41-5-2)27(38)20-37(3)23-15-11-8-12-16-23/h7-16,18-19H,4-6,17,20-21H2,1-3H3,(H,35,39)(H2,34,36,43). The first kappa shape index (κ1) is 31.8. The van der Waals surface area contributed by atoms with E-state index in [1.54, 1.807) is 13.0 Å². The number of carbonyl (C=O) groups excluding carboxylic acids is 2. The molecule has 0 saturated heterocycles. The lowest BCUT2D eigenvalue weighted by Gasteiger charge is -2.22. The molecule has 0 unspecified atom stereocenters. The number of para-hydroxylation sites is 2. The molecule has 3 N–H and O–H groups in total. The van der Waals surface area contributed by atoms with Crippen LogP contribution < -0.4 is 25.8 Å². The van der Waals surface area contributed by atoms with Gasteiger partial charge in [-0.05, 0) is 77.9 Å². The lowest BCUT2D eigenvalue weighted by atomic mass is 10.1. The summed E-state index contributed by atoms with van der Waals surface area (Å²) in [6, 6.07) is 23.1. The molecule has 0 radical (unpaired) electrons. The molecule has 43 heavy (non-hydrogen) atoms. The highest BCUT2D eigenvalue weighted by Gasteiger charge is 2.26. The van der Waals surface area contributed by atoms with Crippen LogP contribution in [0.5, 0.6) is 5.75 Å². The number of halogens is 1. The minimum absolute atomic E-state index is 0.239. The molecule has 1 aromatic heterocycles. The number of fused-ring (bicyclic) bond motifs is 1. The summed E-state index contributed by atoms with van der Waals surface area (Å²) >= 11 is 8.85. The van der Waals surface area contributed by atoms with E-state index < -0.39 is 11.9 Å². The van der Waals surface area contributed by atoms with Crippen LogP contribution in [0.2, 0.25) is 0 Å². The lowest BCUT2D eigenvalue weighted by Crippen LogP contribution is -2.45. The van der Waals surface area contributed by atoms with Gasteiger partial charge in [0.25, 0.3) is 5.91 Å². The van der Waals surface area contributed by atoms with Gasteiger partial charge in [0, 0.05) is 30.4 Å². The Bertz CT molecular complexity index is 1560. The molecule has 4 rings (SSSR count). The second-order valence-electron chi connectivity index (χ2n) is 9.82. The summed E-state index contributed by atoms with van der Waals surface area (Å²) in [5.74, 6) is -0.400. The number of nitrogens with zero attached hydrogens (tertiary/aromatic N) is 2. The number of hydrazine groups is 1. The first-order chi connectivity index (χ1) is 20.8. The van der Waals surface area contributed by atoms with Crippen LogP contribution in [0.1, 0.15) is 42.7 Å². The van der Waals surface area contributed by atoms with Crippen LogP contribution in [0.15, 0.2) is 77.3 Å². The number of hydrogen-bond acceptors (Lipinski definition) is 6. The maximum Gasteiger partial charge on any atom is 0.340 e. The minimum atomic E-state index is -0.430. The van der Waals surface area contributed by atoms with Gasteiger partial charge >= 0.3 is 5.97 Å². The molecule has 0 aliphatic rings. The first-order valence-electron chi connectivity index (χ1n) is 14.1. The second-order valence-corrected chi connectivity index (χ2v) is 11.1. The van der Waals surface area contributed by atoms with E-state index >= 15 is 0 Å². The number of amides is 1. The highest BCUT2D eigenvalue weighted by molar-refractivity contribution is 9.10. The summed E-state index contributed by atoms with van der Waals surface area (Å²) in [5.41, 5.74) is 9.27. The smallest absolute Gasteiger partial charge is 0.340 e. The third-order valence-electron chi connectivity index (χ3n) is 6.73. The van der Waals surface area contributed by atoms with Gasteiger partial charge < -0.3 is 24.3 Å². The van der Waals surface area contributed by atoms with Crippen LogP contribution in [0, 0.1) is 0 Å². The van der Waals surface area contributed by atoms with E-state index in [2.05, 4.69) is 48.5 Å². The Morgan fingerprint density at radius 3 is 2.37 bits per heavy atom. The molecule has 1 heterocycles. The van der Waals surface area contributed by atoms with E-state index in [-0.39, 0.29) is 18.3 Å². The predicted molar refractivity (Wildman–Crippen MR) is 178 cm³/mol. The van der Waals surface area contributed by atoms with Crippen molar-refractivity contribution in [3.8, 4) is 5.75 Å². The van der Waals surface area contributed by atoms with Crippen molar-refractivity contribution in [3.63, 3.8) is 0 Å². The van der Waals surface area contributed by atoms with Gasteiger partial charge in [-0.3, -0.25) is 15.6 Å². The number of esters is 1. The Balaban J connectivity index is 1.59. The highest BCUT2D eigenvalue weighted by atomic mass is 79.9. The fourth-order valence-corrected chi connectivity index (χ4v) is 5.28. The molecular weight excluding hydrogens is 630 g/mol. The van der Waals surface area contributed by atoms with Crippen molar-refractivity contribution in [2.75, 3.05) is 30.5 Å². The predicted octanol–water partition coefficient (Wildman–Crippen LogP) is 6.41. The average Bonchev–Trinajstić information content (AvgIpc) is 3.29. The molecule has 226 valence electrons. The molecule has 4 aromatic rings. The zero-order valence-corrected chi connectivity index (χ0v) is 26.9. The molecule has 3 aromatic carbocycles. The van der Waals surface area contributed by atoms with Gasteiger partial charge in [-0.25, -0.2) is 4.79 Å². The van der Waals surface area contributed by atoms with Gasteiger partial charge in [-0.15, -0.1) is 0 Å². The first-order valence-corrected chi connectivity index (χ1v) is 15.3. The number of aromatic nitrogens is 1. The van der Waals surface area contributed by atoms with Gasteiger partial charge in [0.15, 0.2) is 11.7 Å². The fourth-order valence-electron chi connectivity index (χ4n) is 4.67. The molecule has 1 amide bonds. The van der Waals surface area contributed by atoms with Crippen molar-refractivity contribution in [2.45, 2.75) is 39.8 Å². The van der Waals surface area contributed by atoms with E-state index in [9.17, 15) is 9.59 Å². The Morgan fingerprint density at radius 1 is 1.00 bits per heavy atom. The normalized spacial score (nSPS) is 10.7. The van der Waals surface area contributed by atoms with E-state index in [0.717, 1.165) is 42.0 Å². The summed E-state index contributed by atoms with van der Waals surface area (Å²) < 4.78 is 14.3. The summed E-state index contributed by atoms with van der Waals surface area (Å²) in [7, 11) is 2.00. The third-order valence-corrected chi connectivity index (χ3v) is 7.55. The van der Waals surface area contributed by atoms with Crippen LogP contribution in [0.4, 0.5) is 11.4 Å². The summed E-state index contributed by atoms with van der Waals surface area (Å²) in [4.78, 5) is 28.1. The molecule has 0 aliphatic carbocycles. The molecule has 0 saturated carbocycles. The summed E-state index contributed by atoms with van der Waals surface area (Å²) in [6.07, 6.45) is 1.94. The quantitative estimate of drug-likeness (QED) is 0.0907. The molecule has 0 bridgehead atoms. The molecule has 0 aliphatic heterocycles. The van der Waals surface area contributed by atoms with Crippen molar-refractivity contribution >= 4 is 67.4 Å². The lowest BCUT2D eigenvalue weighted by molar-refractivity contribution is -0.123. The van der Waals surface area contributed by atoms with E-state index in [1.807, 2.05) is 73.8 Å². The van der Waals surface area contributed by atoms with Crippen molar-refractivity contribution in [3.05, 3.63) is 88.5 Å². The highest BCUT2D eigenvalue weighted by Crippen LogP contribution is 2.37. The second kappa shape index (κ2) is 15.4. The third kappa shape index (κ3) is 8.26. The molecule has 9 nitrogen and oxygen atoms in total. The van der Waals surface area contributed by atoms with Crippen molar-refractivity contribution in [1.29, 1.82) is 0 Å². The zero-order valence-electron chi connectivity index (χ0n) is 24.5. The van der Waals surface area contributed by atoms with E-state index in [4.69, 9.17) is 21.7 Å². The zero-order chi connectivity index (χ0) is 30.8. The number of carbonyl (C=O) groups is 2. The topological polar surface area (TPSA) is 96.9 Å². The number of rotatable bonds is 12. The number of nitrogens with one attached hydrogen (secondary N) is 3. The van der Waals surface area contributed by atoms with Crippen molar-refractivity contribution < 1.29 is 19.1 Å². The number of aryl methyl sites for hydroxylation is 1. The van der Waals surface area contributed by atoms with E-state index in [1.165, 1.54) is 0 Å². The number of hydrogen-bond donors (Lipinski definition) is 3. The Labute approximate surface area is 265 Å². The monoisotopic (exact) mass is 665 g/mol. The molecule has 0 fully saturated rings. The molecule has 0 spiro atoms. The maximum absolute atomic E-state index is 13.4. The van der Waals surface area contributed by atoms with Crippen molar-refractivity contribution in [2.24, 2.45) is 0 Å². The van der Waals surface area contributed by atoms with Crippen LogP contribution >= 0.6 is 28.1 Å². The van der Waals surface area contributed by atoms with Gasteiger partial charge in [0.2, 0.25) is 0 Å². The number of ether oxygens (including phenoxy) is 2. The summed E-state index contributed by atoms with van der Waals surface area (Å²) in [6.45, 7) is 5.14. The maximum atomic E-state index is 13.4. The number of benzene rings is 3. The fraction of sp³-hybridized carbons (Fsp3) is 0.281. The van der Waals surface area contributed by atoms with Crippen LogP contribution in [-0.2, 0) is 22.6 Å². The van der Waals surface area contributed by atoms with Crippen LogP contribution in [-0.4, -0.2) is 41.8 Å². The number of thiocarbonyl (C=S) groups is 1. The Morgan fingerprint density at radius 2 is 1.70 bits per heavy atom. The van der Waals surface area contributed by atoms with Gasteiger partial charge in [0.05, 0.1) is 34.4 Å². The SMILES string of the molecule is CCCCn1c(CN(C)c2ccccc2)c(C(=O)OCC)c2cc(OCC(=O)NNC(=S)Nc3ccccc3)c(Br)cc21. The van der Waals surface area contributed by atoms with E-state index in [0.29, 0.717) is 27.7 Å². The number of unbranched alkanes of at least 4 members (excludes halogenated alkanes) is 1. The Kier molecular flexibility index (Phi) is 11.4. The molecule has 11 heteroatoms. The summed E-state index contributed by atoms with van der Waals surface area (Å²) in [5, 5.41) is 3.92. The molecular formula is C32H36BrN5O4S. The van der Waals surface area contributed by atoms with Gasteiger partial charge in [-0.1, -0.05) is 49.7 Å². The number of anilines is 2. The average molecular weight is 667 g/mol. The van der Waals surface area contributed by atoms with Gasteiger partial charge in [-0.2, -0.15) is 0 Å². The van der Waals surface area contributed by atoms with Gasteiger partial charge in [0.1, 0.15) is 5.75 Å². The minimum Gasteiger partial charge on any atom is -0.482 e. The van der Waals surface area contributed by atoms with Crippen LogP contribution in [0.3, 0.4) is 0 Å². The van der Waals surface area contributed by atoms with Crippen molar-refractivity contribution in [1.82, 2.24) is 15.4 Å².